The van der Waals surface area contributed by atoms with Crippen LogP contribution in [-0.2, 0) is 0 Å². The van der Waals surface area contributed by atoms with Gasteiger partial charge in [-0.3, -0.25) is 4.79 Å². The Morgan fingerprint density at radius 3 is 2.50 bits per heavy atom. The van der Waals surface area contributed by atoms with E-state index in [-0.39, 0.29) is 17.0 Å². The summed E-state index contributed by atoms with van der Waals surface area (Å²) in [5.41, 5.74) is 15.3. The fourth-order valence-corrected chi connectivity index (χ4v) is 2.18. The lowest BCUT2D eigenvalue weighted by Gasteiger charge is -2.11. The number of carbonyl (C=O) groups excluding carboxylic acids is 1. The van der Waals surface area contributed by atoms with Crippen molar-refractivity contribution >= 4 is 28.7 Å². The maximum absolute atomic E-state index is 11.6. The summed E-state index contributed by atoms with van der Waals surface area (Å²) in [6.45, 7) is 5.43. The number of nitrogens with zero attached hydrogens (tertiary/aromatic N) is 2. The fraction of sp³-hybridized carbons (Fsp3) is 0.167. The molecule has 24 heavy (non-hydrogen) atoms. The maximum Gasteiger partial charge on any atom is 0.250 e. The van der Waals surface area contributed by atoms with Crippen LogP contribution in [0.2, 0.25) is 0 Å². The van der Waals surface area contributed by atoms with Gasteiger partial charge in [0.2, 0.25) is 0 Å². The van der Waals surface area contributed by atoms with Gasteiger partial charge in [-0.1, -0.05) is 18.2 Å². The van der Waals surface area contributed by atoms with Gasteiger partial charge in [0.1, 0.15) is 5.76 Å². The topological polar surface area (TPSA) is 115 Å². The fourth-order valence-electron chi connectivity index (χ4n) is 2.18. The predicted octanol–water partition coefficient (Wildman–Crippen LogP) is 2.96. The smallest absolute Gasteiger partial charge is 0.250 e. The molecule has 0 bridgehead atoms. The number of aliphatic hydroxyl groups excluding tert-OH is 1. The molecule has 1 heterocycles. The van der Waals surface area contributed by atoms with E-state index in [0.717, 1.165) is 11.4 Å². The number of benzene rings is 1. The van der Waals surface area contributed by atoms with Crippen molar-refractivity contribution in [3.05, 3.63) is 58.6 Å². The third-order valence-corrected chi connectivity index (χ3v) is 3.65. The average molecular weight is 324 g/mol. The average Bonchev–Trinajstić information content (AvgIpc) is 2.54. The van der Waals surface area contributed by atoms with Crippen molar-refractivity contribution in [2.75, 3.05) is 5.73 Å². The second kappa shape index (κ2) is 6.95. The van der Waals surface area contributed by atoms with E-state index in [1.807, 2.05) is 13.8 Å². The van der Waals surface area contributed by atoms with Crippen molar-refractivity contribution in [2.45, 2.75) is 20.8 Å². The zero-order chi connectivity index (χ0) is 17.9. The molecule has 2 aromatic rings. The molecule has 0 aliphatic carbocycles. The van der Waals surface area contributed by atoms with Gasteiger partial charge in [-0.15, -0.1) is 0 Å². The Kier molecular flexibility index (Phi) is 4.99. The summed E-state index contributed by atoms with van der Waals surface area (Å²) in [5.74, 6) is -0.471. The van der Waals surface area contributed by atoms with E-state index in [4.69, 9.17) is 11.5 Å². The van der Waals surface area contributed by atoms with Gasteiger partial charge >= 0.3 is 0 Å². The molecule has 6 heteroatoms. The van der Waals surface area contributed by atoms with Crippen LogP contribution < -0.4 is 11.5 Å². The van der Waals surface area contributed by atoms with Crippen LogP contribution in [0.25, 0.3) is 17.1 Å². The van der Waals surface area contributed by atoms with Crippen LogP contribution in [0.3, 0.4) is 0 Å². The van der Waals surface area contributed by atoms with Gasteiger partial charge in [-0.25, -0.2) is 9.97 Å². The third kappa shape index (κ3) is 3.43. The number of anilines is 1. The molecule has 5 N–H and O–H groups in total. The Morgan fingerprint density at radius 1 is 1.21 bits per heavy atom. The second-order valence-corrected chi connectivity index (χ2v) is 5.31. The number of fused-ring (bicyclic) bond motifs is 1. The van der Waals surface area contributed by atoms with Gasteiger partial charge in [-0.2, -0.15) is 0 Å². The summed E-state index contributed by atoms with van der Waals surface area (Å²) < 4.78 is 0. The summed E-state index contributed by atoms with van der Waals surface area (Å²) in [7, 11) is 0. The zero-order valence-electron chi connectivity index (χ0n) is 13.9. The lowest BCUT2D eigenvalue weighted by molar-refractivity contribution is 0.100. The number of aryl methyl sites for hydroxylation is 2. The summed E-state index contributed by atoms with van der Waals surface area (Å²) in [6, 6.07) is 1.56. The minimum absolute atomic E-state index is 0.148. The highest BCUT2D eigenvalue weighted by atomic mass is 16.3. The number of aliphatic hydroxyl groups is 1. The molecular weight excluding hydrogens is 304 g/mol. The first-order chi connectivity index (χ1) is 11.3. The zero-order valence-corrected chi connectivity index (χ0v) is 13.9. The standard InChI is InChI=1S/C18H20N4O2/c1-4-12(23)7-5-6-8-13-16(19)14(18(20)24)9-15-17(13)22-11(3)10(2)21-15/h4-9,23H,19H2,1-3H3,(H2,20,24)/b7-5-,8-6+,12-4-. The van der Waals surface area contributed by atoms with E-state index in [0.29, 0.717) is 16.6 Å². The normalized spacial score (nSPS) is 12.5. The Balaban J connectivity index is 2.67. The molecule has 0 fully saturated rings. The quantitative estimate of drug-likeness (QED) is 0.454. The molecule has 0 aliphatic rings. The van der Waals surface area contributed by atoms with Crippen LogP contribution in [0, 0.1) is 13.8 Å². The minimum Gasteiger partial charge on any atom is -0.508 e. The number of amides is 1. The molecule has 6 nitrogen and oxygen atoms in total. The van der Waals surface area contributed by atoms with Gasteiger partial charge in [0, 0.05) is 5.56 Å². The van der Waals surface area contributed by atoms with Gasteiger partial charge in [0.15, 0.2) is 0 Å². The summed E-state index contributed by atoms with van der Waals surface area (Å²) in [4.78, 5) is 20.6. The van der Waals surface area contributed by atoms with Crippen LogP contribution in [0.4, 0.5) is 5.69 Å². The van der Waals surface area contributed by atoms with Crippen molar-refractivity contribution in [2.24, 2.45) is 5.73 Å². The van der Waals surface area contributed by atoms with Gasteiger partial charge in [-0.05, 0) is 39.0 Å². The lowest BCUT2D eigenvalue weighted by Crippen LogP contribution is -2.15. The number of allylic oxidation sites excluding steroid dienone is 4. The van der Waals surface area contributed by atoms with Crippen molar-refractivity contribution < 1.29 is 9.90 Å². The maximum atomic E-state index is 11.6. The van der Waals surface area contributed by atoms with Crippen LogP contribution in [0.5, 0.6) is 0 Å². The monoisotopic (exact) mass is 324 g/mol. The molecular formula is C18H20N4O2. The number of nitrogen functional groups attached to an aromatic ring is 1. The highest BCUT2D eigenvalue weighted by Gasteiger charge is 2.15. The van der Waals surface area contributed by atoms with Crippen molar-refractivity contribution in [1.29, 1.82) is 0 Å². The van der Waals surface area contributed by atoms with Crippen molar-refractivity contribution in [3.8, 4) is 0 Å². The highest BCUT2D eigenvalue weighted by molar-refractivity contribution is 6.05. The van der Waals surface area contributed by atoms with Crippen molar-refractivity contribution in [3.63, 3.8) is 0 Å². The number of rotatable bonds is 4. The molecule has 1 aromatic heterocycles. The van der Waals surface area contributed by atoms with E-state index < -0.39 is 5.91 Å². The number of hydrogen-bond acceptors (Lipinski definition) is 5. The largest absolute Gasteiger partial charge is 0.508 e. The van der Waals surface area contributed by atoms with E-state index in [1.165, 1.54) is 6.08 Å². The number of carbonyl (C=O) groups is 1. The molecule has 0 saturated heterocycles. The van der Waals surface area contributed by atoms with Gasteiger partial charge < -0.3 is 16.6 Å². The van der Waals surface area contributed by atoms with Crippen molar-refractivity contribution in [1.82, 2.24) is 9.97 Å². The Bertz CT molecular complexity index is 896. The number of aromatic nitrogens is 2. The molecule has 1 aromatic carbocycles. The molecule has 2 rings (SSSR count). The number of hydrogen-bond donors (Lipinski definition) is 3. The van der Waals surface area contributed by atoms with Crippen LogP contribution >= 0.6 is 0 Å². The van der Waals surface area contributed by atoms with E-state index in [2.05, 4.69) is 9.97 Å². The van der Waals surface area contributed by atoms with Gasteiger partial charge in [0.25, 0.3) is 5.91 Å². The molecule has 0 atom stereocenters. The van der Waals surface area contributed by atoms with Gasteiger partial charge in [0.05, 0.1) is 33.7 Å². The summed E-state index contributed by atoms with van der Waals surface area (Å²) in [5, 5.41) is 9.40. The third-order valence-electron chi connectivity index (χ3n) is 3.65. The van der Waals surface area contributed by atoms with E-state index in [1.54, 1.807) is 37.3 Å². The highest BCUT2D eigenvalue weighted by Crippen LogP contribution is 2.28. The van der Waals surface area contributed by atoms with Crippen LogP contribution in [0.1, 0.15) is 34.2 Å². The Hall–Kier alpha value is -3.15. The molecule has 0 aliphatic heterocycles. The minimum atomic E-state index is -0.619. The number of primary amides is 1. The molecule has 0 saturated carbocycles. The Morgan fingerprint density at radius 2 is 1.88 bits per heavy atom. The van der Waals surface area contributed by atoms with E-state index in [9.17, 15) is 9.90 Å². The SMILES string of the molecule is C/C=C(O)/C=C\C=C\c1c(N)c(C(N)=O)cc2nc(C)c(C)nc12. The lowest BCUT2D eigenvalue weighted by atomic mass is 10.0. The van der Waals surface area contributed by atoms with Crippen LogP contribution in [0.15, 0.2) is 36.1 Å². The molecule has 124 valence electrons. The number of nitrogens with two attached hydrogens (primary N) is 2. The first kappa shape index (κ1) is 17.2. The van der Waals surface area contributed by atoms with Crippen LogP contribution in [-0.4, -0.2) is 21.0 Å². The summed E-state index contributed by atoms with van der Waals surface area (Å²) in [6.07, 6.45) is 8.18. The second-order valence-electron chi connectivity index (χ2n) is 5.31. The molecule has 0 unspecified atom stereocenters. The first-order valence-corrected chi connectivity index (χ1v) is 7.42. The molecule has 0 radical (unpaired) electrons. The van der Waals surface area contributed by atoms with E-state index >= 15 is 0 Å². The Labute approximate surface area is 140 Å². The molecule has 0 spiro atoms. The first-order valence-electron chi connectivity index (χ1n) is 7.42. The predicted molar refractivity (Wildman–Crippen MR) is 96.5 cm³/mol. The molecule has 1 amide bonds. The summed E-state index contributed by atoms with van der Waals surface area (Å²) >= 11 is 0.